The fraction of sp³-hybridized carbons (Fsp3) is 0.333. The van der Waals surface area contributed by atoms with Crippen molar-refractivity contribution < 1.29 is 31.5 Å². The summed E-state index contributed by atoms with van der Waals surface area (Å²) in [6, 6.07) is 0.377. The van der Waals surface area contributed by atoms with Crippen molar-refractivity contribution in [3.8, 4) is 11.4 Å². The van der Waals surface area contributed by atoms with E-state index in [0.717, 1.165) is 18.3 Å². The molecule has 0 radical (unpaired) electrons. The molecule has 0 fully saturated rings. The molecule has 0 bridgehead atoms. The van der Waals surface area contributed by atoms with Gasteiger partial charge < -0.3 is 11.1 Å². The molecule has 1 aromatic heterocycles. The molecule has 12 heteroatoms. The van der Waals surface area contributed by atoms with E-state index in [9.17, 15) is 36.3 Å². The quantitative estimate of drug-likeness (QED) is 0.680. The number of ketones is 1. The van der Waals surface area contributed by atoms with Crippen LogP contribution in [0.3, 0.4) is 0 Å². The number of hydrogen-bond acceptors (Lipinski definition) is 5. The van der Waals surface area contributed by atoms with E-state index < -0.39 is 59.3 Å². The summed E-state index contributed by atoms with van der Waals surface area (Å²) in [6.07, 6.45) is -4.26. The van der Waals surface area contributed by atoms with Gasteiger partial charge in [-0.1, -0.05) is 13.8 Å². The Bertz CT molecular complexity index is 1010. The predicted molar refractivity (Wildman–Crippen MR) is 96.1 cm³/mol. The molecule has 1 aromatic carbocycles. The number of nitrogens with zero attached hydrogens (tertiary/aromatic N) is 2. The number of benzene rings is 1. The second kappa shape index (κ2) is 8.59. The third-order valence-electron chi connectivity index (χ3n) is 4.04. The Hall–Kier alpha value is -3.31. The molecule has 2 aromatic rings. The van der Waals surface area contributed by atoms with Gasteiger partial charge in [0.25, 0.3) is 11.3 Å². The van der Waals surface area contributed by atoms with Crippen LogP contribution in [0.4, 0.5) is 27.6 Å². The van der Waals surface area contributed by atoms with Crippen LogP contribution >= 0.6 is 0 Å². The Balaban J connectivity index is 2.42. The zero-order valence-electron chi connectivity index (χ0n) is 15.8. The molecule has 0 aliphatic carbocycles. The molecule has 30 heavy (non-hydrogen) atoms. The molecule has 0 aliphatic rings. The molecule has 1 unspecified atom stereocenters. The topological polar surface area (TPSA) is 107 Å². The lowest BCUT2D eigenvalue weighted by Crippen LogP contribution is -2.51. The number of carbonyl (C=O) groups excluding carboxylic acids is 2. The fourth-order valence-corrected chi connectivity index (χ4v) is 2.64. The number of rotatable bonds is 6. The van der Waals surface area contributed by atoms with Crippen molar-refractivity contribution >= 4 is 17.4 Å². The van der Waals surface area contributed by atoms with Crippen molar-refractivity contribution in [1.29, 1.82) is 0 Å². The van der Waals surface area contributed by atoms with Crippen LogP contribution < -0.4 is 16.6 Å². The largest absolute Gasteiger partial charge is 0.452 e. The molecular formula is C18H17F5N4O3. The van der Waals surface area contributed by atoms with Gasteiger partial charge in [0, 0.05) is 11.6 Å². The lowest BCUT2D eigenvalue weighted by atomic mass is 9.99. The normalized spacial score (nSPS) is 12.7. The fourth-order valence-electron chi connectivity index (χ4n) is 2.64. The number of aromatic nitrogens is 2. The number of anilines is 1. The maximum Gasteiger partial charge on any atom is 0.452 e. The highest BCUT2D eigenvalue weighted by atomic mass is 19.4. The van der Waals surface area contributed by atoms with Crippen LogP contribution in [0.5, 0.6) is 0 Å². The van der Waals surface area contributed by atoms with Gasteiger partial charge in [-0.3, -0.25) is 19.0 Å². The summed E-state index contributed by atoms with van der Waals surface area (Å²) >= 11 is 0. The standard InChI is InChI=1S/C18H17F5N4O3/c1-8(2)14(15(29)18(21,22)23)26-13(28)7-27-16(25-6-12(24)17(27)30)9-3-10(19)5-11(20)4-9/h3-6,8,14H,7,24H2,1-2H3,(H,26,28). The number of nitrogen functional groups attached to an aromatic ring is 1. The van der Waals surface area contributed by atoms with Gasteiger partial charge >= 0.3 is 6.18 Å². The first kappa shape index (κ1) is 23.0. The van der Waals surface area contributed by atoms with Crippen molar-refractivity contribution in [1.82, 2.24) is 14.9 Å². The van der Waals surface area contributed by atoms with Crippen LogP contribution in [0.15, 0.2) is 29.2 Å². The van der Waals surface area contributed by atoms with Gasteiger partial charge in [0.2, 0.25) is 5.91 Å². The summed E-state index contributed by atoms with van der Waals surface area (Å²) in [5, 5.41) is 1.93. The van der Waals surface area contributed by atoms with E-state index in [1.165, 1.54) is 13.8 Å². The van der Waals surface area contributed by atoms with Crippen molar-refractivity contribution in [2.45, 2.75) is 32.6 Å². The number of nitrogens with two attached hydrogens (primary N) is 1. The first-order chi connectivity index (χ1) is 13.8. The number of halogens is 5. The zero-order chi connectivity index (χ0) is 22.8. The molecule has 1 amide bonds. The molecule has 162 valence electrons. The van der Waals surface area contributed by atoms with Gasteiger partial charge in [0.1, 0.15) is 29.7 Å². The number of amides is 1. The van der Waals surface area contributed by atoms with E-state index in [2.05, 4.69) is 4.98 Å². The van der Waals surface area contributed by atoms with Gasteiger partial charge in [0.05, 0.1) is 12.2 Å². The molecule has 1 heterocycles. The highest BCUT2D eigenvalue weighted by molar-refractivity contribution is 5.93. The number of Topliss-reactive ketones (excluding diaryl/α,β-unsaturated/α-hetero) is 1. The molecular weight excluding hydrogens is 415 g/mol. The number of nitrogens with one attached hydrogen (secondary N) is 1. The van der Waals surface area contributed by atoms with E-state index in [1.807, 2.05) is 5.32 Å². The summed E-state index contributed by atoms with van der Waals surface area (Å²) in [7, 11) is 0. The van der Waals surface area contributed by atoms with Crippen LogP contribution in [0.2, 0.25) is 0 Å². The lowest BCUT2D eigenvalue weighted by molar-refractivity contribution is -0.174. The first-order valence-electron chi connectivity index (χ1n) is 8.53. The van der Waals surface area contributed by atoms with Crippen LogP contribution in [0, 0.1) is 17.6 Å². The minimum atomic E-state index is -5.18. The van der Waals surface area contributed by atoms with Gasteiger partial charge in [-0.2, -0.15) is 13.2 Å². The second-order valence-electron chi connectivity index (χ2n) is 6.74. The summed E-state index contributed by atoms with van der Waals surface area (Å²) in [5.74, 6) is -6.50. The van der Waals surface area contributed by atoms with Gasteiger partial charge in [-0.05, 0) is 18.1 Å². The minimum absolute atomic E-state index is 0.204. The Morgan fingerprint density at radius 3 is 2.23 bits per heavy atom. The Morgan fingerprint density at radius 1 is 1.17 bits per heavy atom. The number of hydrogen-bond donors (Lipinski definition) is 2. The Kier molecular flexibility index (Phi) is 6.58. The molecule has 0 aliphatic heterocycles. The molecule has 0 saturated heterocycles. The summed E-state index contributed by atoms with van der Waals surface area (Å²) in [4.78, 5) is 40.1. The van der Waals surface area contributed by atoms with E-state index in [-0.39, 0.29) is 11.4 Å². The van der Waals surface area contributed by atoms with Crippen molar-refractivity contribution in [2.75, 3.05) is 5.73 Å². The van der Waals surface area contributed by atoms with Gasteiger partial charge in [-0.25, -0.2) is 13.8 Å². The maximum atomic E-state index is 13.5. The Morgan fingerprint density at radius 2 is 1.73 bits per heavy atom. The van der Waals surface area contributed by atoms with Crippen molar-refractivity contribution in [3.05, 3.63) is 46.4 Å². The molecule has 0 saturated carbocycles. The highest BCUT2D eigenvalue weighted by Gasteiger charge is 2.45. The maximum absolute atomic E-state index is 13.5. The molecule has 0 spiro atoms. The highest BCUT2D eigenvalue weighted by Crippen LogP contribution is 2.22. The van der Waals surface area contributed by atoms with Crippen LogP contribution in [0.1, 0.15) is 13.8 Å². The first-order valence-corrected chi connectivity index (χ1v) is 8.53. The van der Waals surface area contributed by atoms with Crippen LogP contribution in [-0.4, -0.2) is 33.5 Å². The molecule has 7 nitrogen and oxygen atoms in total. The monoisotopic (exact) mass is 432 g/mol. The smallest absolute Gasteiger partial charge is 0.393 e. The number of alkyl halides is 3. The average Bonchev–Trinajstić information content (AvgIpc) is 2.61. The zero-order valence-corrected chi connectivity index (χ0v) is 15.8. The summed E-state index contributed by atoms with van der Waals surface area (Å²) in [6.45, 7) is 1.70. The number of carbonyl (C=O) groups is 2. The second-order valence-corrected chi connectivity index (χ2v) is 6.74. The third-order valence-corrected chi connectivity index (χ3v) is 4.04. The van der Waals surface area contributed by atoms with Crippen LogP contribution in [0.25, 0.3) is 11.4 Å². The summed E-state index contributed by atoms with van der Waals surface area (Å²) in [5.41, 5.74) is 3.91. The predicted octanol–water partition coefficient (Wildman–Crippen LogP) is 2.04. The molecule has 1 atom stereocenters. The van der Waals surface area contributed by atoms with E-state index in [4.69, 9.17) is 5.73 Å². The third kappa shape index (κ3) is 5.19. The average molecular weight is 432 g/mol. The SMILES string of the molecule is CC(C)C(NC(=O)Cn1c(-c2cc(F)cc(F)c2)ncc(N)c1=O)C(=O)C(F)(F)F. The van der Waals surface area contributed by atoms with E-state index in [0.29, 0.717) is 10.6 Å². The van der Waals surface area contributed by atoms with Crippen molar-refractivity contribution in [2.24, 2.45) is 5.92 Å². The van der Waals surface area contributed by atoms with E-state index in [1.54, 1.807) is 0 Å². The van der Waals surface area contributed by atoms with Crippen LogP contribution in [-0.2, 0) is 16.1 Å². The molecule has 3 N–H and O–H groups in total. The molecule has 2 rings (SSSR count). The van der Waals surface area contributed by atoms with Gasteiger partial charge in [-0.15, -0.1) is 0 Å². The Labute approximate surface area is 166 Å². The summed E-state index contributed by atoms with van der Waals surface area (Å²) < 4.78 is 66.0. The lowest BCUT2D eigenvalue weighted by Gasteiger charge is -2.22. The van der Waals surface area contributed by atoms with E-state index >= 15 is 0 Å². The van der Waals surface area contributed by atoms with Gasteiger partial charge in [0.15, 0.2) is 0 Å². The van der Waals surface area contributed by atoms with Crippen molar-refractivity contribution in [3.63, 3.8) is 0 Å². The minimum Gasteiger partial charge on any atom is -0.393 e.